The van der Waals surface area contributed by atoms with Crippen molar-refractivity contribution >= 4 is 81.4 Å². The molecular formula is C67H54CuN2O5P2+2. The van der Waals surface area contributed by atoms with Crippen molar-refractivity contribution in [3.05, 3.63) is 265 Å². The summed E-state index contributed by atoms with van der Waals surface area (Å²) in [6.07, 6.45) is 3.63. The van der Waals surface area contributed by atoms with Crippen LogP contribution >= 0.6 is 15.8 Å². The van der Waals surface area contributed by atoms with Crippen molar-refractivity contribution in [1.29, 1.82) is 0 Å². The molecule has 2 aromatic heterocycles. The van der Waals surface area contributed by atoms with Crippen LogP contribution in [-0.2, 0) is 32.0 Å². The number of para-hydroxylation sites is 2. The van der Waals surface area contributed by atoms with E-state index in [1.54, 1.807) is 24.3 Å². The minimum absolute atomic E-state index is 0. The molecule has 1 radical (unpaired) electrons. The minimum atomic E-state index is -1.32. The number of carbonyl (C=O) groups is 2. The molecule has 0 amide bonds. The third kappa shape index (κ3) is 10.6. The van der Waals surface area contributed by atoms with Gasteiger partial charge in [0.25, 0.3) is 0 Å². The number of esters is 2. The third-order valence-corrected chi connectivity index (χ3v) is 19.7. The number of nitrogens with zero attached hydrogens (tertiary/aromatic N) is 2. The second-order valence-corrected chi connectivity index (χ2v) is 24.0. The Hall–Kier alpha value is -8.08. The molecule has 11 aromatic rings. The second-order valence-electron chi connectivity index (χ2n) is 19.1. The fourth-order valence-electron chi connectivity index (χ4n) is 10.2. The predicted molar refractivity (Wildman–Crippen MR) is 316 cm³/mol. The zero-order chi connectivity index (χ0) is 52.2. The summed E-state index contributed by atoms with van der Waals surface area (Å²) in [7, 11) is 0.0907. The topological polar surface area (TPSA) is 87.6 Å². The molecule has 0 aliphatic carbocycles. The van der Waals surface area contributed by atoms with Crippen LogP contribution in [0.4, 0.5) is 0 Å². The van der Waals surface area contributed by atoms with E-state index in [0.29, 0.717) is 11.1 Å². The minimum Gasteiger partial charge on any atom is -0.465 e. The van der Waals surface area contributed by atoms with Crippen molar-refractivity contribution < 1.29 is 40.9 Å². The molecule has 9 aromatic carbocycles. The Morgan fingerprint density at radius 3 is 1.08 bits per heavy atom. The monoisotopic (exact) mass is 1090 g/mol. The van der Waals surface area contributed by atoms with Crippen LogP contribution in [0.5, 0.6) is 11.5 Å². The summed E-state index contributed by atoms with van der Waals surface area (Å²) in [6.45, 7) is 4.71. The Balaban J connectivity index is 0.000000176. The first-order valence-corrected chi connectivity index (χ1v) is 28.2. The molecule has 1 aliphatic heterocycles. The maximum atomic E-state index is 11.7. The molecule has 0 saturated heterocycles. The molecule has 0 atom stereocenters. The number of carbonyl (C=O) groups excluding carboxylic acids is 2. The summed E-state index contributed by atoms with van der Waals surface area (Å²) in [5.74, 6) is 1.34. The van der Waals surface area contributed by atoms with Gasteiger partial charge in [0.15, 0.2) is 11.5 Å². The van der Waals surface area contributed by atoms with Gasteiger partial charge in [0.05, 0.1) is 36.4 Å². The predicted octanol–water partition coefficient (Wildman–Crippen LogP) is 12.8. The summed E-state index contributed by atoms with van der Waals surface area (Å²) in [6, 6.07) is 80.2. The van der Waals surface area contributed by atoms with E-state index in [-0.39, 0.29) is 34.4 Å². The van der Waals surface area contributed by atoms with E-state index in [2.05, 4.69) is 184 Å². The normalized spacial score (nSPS) is 12.1. The number of ether oxygens (including phenoxy) is 3. The van der Waals surface area contributed by atoms with Crippen molar-refractivity contribution in [3.8, 4) is 33.8 Å². The van der Waals surface area contributed by atoms with E-state index in [4.69, 9.17) is 24.2 Å². The van der Waals surface area contributed by atoms with Gasteiger partial charge in [0.1, 0.15) is 47.7 Å². The number of pyridine rings is 2. The fourth-order valence-corrected chi connectivity index (χ4v) is 15.6. The zero-order valence-electron chi connectivity index (χ0n) is 42.8. The molecule has 7 nitrogen and oxygen atoms in total. The van der Waals surface area contributed by atoms with E-state index in [1.807, 2.05) is 48.8 Å². The van der Waals surface area contributed by atoms with Gasteiger partial charge in [-0.25, -0.2) is 9.59 Å². The van der Waals surface area contributed by atoms with Gasteiger partial charge in [-0.1, -0.05) is 147 Å². The van der Waals surface area contributed by atoms with E-state index in [9.17, 15) is 9.59 Å². The molecule has 3 heterocycles. The van der Waals surface area contributed by atoms with Crippen LogP contribution < -0.4 is 36.6 Å². The van der Waals surface area contributed by atoms with E-state index in [1.165, 1.54) is 57.2 Å². The third-order valence-electron chi connectivity index (χ3n) is 14.1. The fraction of sp³-hybridized carbons (Fsp3) is 0.0746. The molecule has 1 aliphatic rings. The summed E-state index contributed by atoms with van der Waals surface area (Å²) >= 11 is 0. The van der Waals surface area contributed by atoms with Crippen LogP contribution in [0.2, 0.25) is 0 Å². The Labute approximate surface area is 462 Å². The molecule has 0 spiro atoms. The van der Waals surface area contributed by atoms with Gasteiger partial charge >= 0.3 is 11.9 Å². The van der Waals surface area contributed by atoms with Crippen LogP contribution in [-0.4, -0.2) is 36.1 Å². The molecule has 10 heteroatoms. The molecule has 12 rings (SSSR count). The number of hydrogen-bond acceptors (Lipinski definition) is 7. The average Bonchev–Trinajstić information content (AvgIpc) is 3.50. The van der Waals surface area contributed by atoms with E-state index < -0.39 is 15.8 Å². The van der Waals surface area contributed by atoms with Gasteiger partial charge in [-0.15, -0.1) is 0 Å². The maximum absolute atomic E-state index is 11.7. The van der Waals surface area contributed by atoms with Crippen molar-refractivity contribution in [2.24, 2.45) is 0 Å². The van der Waals surface area contributed by atoms with Gasteiger partial charge in [-0.2, -0.15) is 0 Å². The first kappa shape index (κ1) is 52.4. The molecule has 0 bridgehead atoms. The summed E-state index contributed by atoms with van der Waals surface area (Å²) < 4.78 is 16.8. The van der Waals surface area contributed by atoms with Gasteiger partial charge in [0, 0.05) is 67.9 Å². The van der Waals surface area contributed by atoms with Crippen LogP contribution in [0.3, 0.4) is 0 Å². The second kappa shape index (κ2) is 23.0. The summed E-state index contributed by atoms with van der Waals surface area (Å²) in [5, 5.41) is 10.0. The summed E-state index contributed by atoms with van der Waals surface area (Å²) in [5.41, 5.74) is 8.77. The Morgan fingerprint density at radius 1 is 0.416 bits per heavy atom. The molecule has 0 N–H and O–H groups in total. The van der Waals surface area contributed by atoms with Gasteiger partial charge < -0.3 is 14.2 Å². The molecule has 0 saturated carbocycles. The van der Waals surface area contributed by atoms with Crippen LogP contribution in [0.1, 0.15) is 45.7 Å². The quantitative estimate of drug-likeness (QED) is 0.0583. The Kier molecular flexibility index (Phi) is 15.7. The number of fused-ring (bicyclic) bond motifs is 5. The van der Waals surface area contributed by atoms with Gasteiger partial charge in [0.2, 0.25) is 0 Å². The largest absolute Gasteiger partial charge is 0.465 e. The van der Waals surface area contributed by atoms with Crippen LogP contribution in [0, 0.1) is 0 Å². The molecule has 381 valence electrons. The number of aromatic nitrogens is 2. The summed E-state index contributed by atoms with van der Waals surface area (Å²) in [4.78, 5) is 32.7. The van der Waals surface area contributed by atoms with Crippen molar-refractivity contribution in [2.75, 3.05) is 14.2 Å². The first-order valence-electron chi connectivity index (χ1n) is 25.2. The van der Waals surface area contributed by atoms with Gasteiger partial charge in [-0.05, 0) is 108 Å². The van der Waals surface area contributed by atoms with Crippen molar-refractivity contribution in [1.82, 2.24) is 9.97 Å². The average molecular weight is 1090 g/mol. The van der Waals surface area contributed by atoms with Crippen LogP contribution in [0.25, 0.3) is 44.1 Å². The van der Waals surface area contributed by atoms with E-state index in [0.717, 1.165) is 55.6 Å². The Morgan fingerprint density at radius 2 is 0.753 bits per heavy atom. The smallest absolute Gasteiger partial charge is 0.337 e. The molecular weight excluding hydrogens is 1040 g/mol. The standard InChI is InChI=1S/C39H32OP2.C28H20N2O4.Cu/c1-39(2)33-25-15-27-35(41(29-17-7-3-8-18-29)30-19-9-4-10-20-30)37(33)40-38-34(39)26-16-28-36(38)42(31-21-11-5-12-22-31)32-23-13-6-14-24-32;1-33-27(31)19-7-3-17(4-8-19)23-13-21-11-12-22-14-24(16-30-26(22)25(21)29-15-23)18-5-9-20(10-6-18)28(32)34-2;/h3-28H,1-2H3;3-16H,1-2H3;/p+2. The van der Waals surface area contributed by atoms with Crippen molar-refractivity contribution in [3.63, 3.8) is 0 Å². The van der Waals surface area contributed by atoms with Gasteiger partial charge in [-0.3, -0.25) is 9.97 Å². The first-order chi connectivity index (χ1) is 37.2. The number of hydrogen-bond donors (Lipinski definition) is 0. The molecule has 77 heavy (non-hydrogen) atoms. The van der Waals surface area contributed by atoms with Crippen molar-refractivity contribution in [2.45, 2.75) is 19.3 Å². The Bertz CT molecular complexity index is 3550. The SMILES string of the molecule is CC1(C)c2cccc([PH+](c3ccccc3)c3ccccc3)c2Oc2c([PH+](c3ccccc3)c3ccccc3)cccc21.COC(=O)c1ccc(-c2cnc3c(ccc4cc(-c5ccc(C(=O)OC)cc5)cnc43)c2)cc1.[Cu]. The number of rotatable bonds is 10. The number of methoxy groups -OCH3 is 2. The van der Waals surface area contributed by atoms with E-state index >= 15 is 0 Å². The van der Waals surface area contributed by atoms with Crippen LogP contribution in [0.15, 0.2) is 243 Å². The maximum Gasteiger partial charge on any atom is 0.337 e. The molecule has 0 fully saturated rings. The number of benzene rings is 9. The zero-order valence-corrected chi connectivity index (χ0v) is 45.8. The molecule has 0 unspecified atom stereocenters.